The van der Waals surface area contributed by atoms with Gasteiger partial charge in [0.05, 0.1) is 0 Å². The highest BCUT2D eigenvalue weighted by Gasteiger charge is 2.02. The number of hydrogen-bond acceptors (Lipinski definition) is 0. The molecular weight excluding hydrogens is 242 g/mol. The van der Waals surface area contributed by atoms with Crippen molar-refractivity contribution in [1.29, 1.82) is 0 Å². The topological polar surface area (TPSA) is 15.8 Å². The predicted molar refractivity (Wildman–Crippen MR) is 80.2 cm³/mol. The van der Waals surface area contributed by atoms with Gasteiger partial charge in [-0.15, -0.1) is 11.6 Å². The van der Waals surface area contributed by atoms with Gasteiger partial charge in [0.15, 0.2) is 0 Å². The number of aromatic nitrogens is 1. The van der Waals surface area contributed by atoms with Gasteiger partial charge in [-0.05, 0) is 24.1 Å². The number of allylic oxidation sites excluding steroid dienone is 1. The molecule has 1 nitrogen and oxygen atoms in total. The van der Waals surface area contributed by atoms with Crippen LogP contribution in [0.25, 0.3) is 27.9 Å². The van der Waals surface area contributed by atoms with Crippen molar-refractivity contribution in [2.45, 2.75) is 6.42 Å². The van der Waals surface area contributed by atoms with Gasteiger partial charge in [0.25, 0.3) is 0 Å². The molecule has 0 atom stereocenters. The average Bonchev–Trinajstić information content (AvgIpc) is 2.76. The van der Waals surface area contributed by atoms with Gasteiger partial charge in [0.1, 0.15) is 0 Å². The molecule has 0 bridgehead atoms. The Balaban J connectivity index is 2.09. The minimum Gasteiger partial charge on any atom is -0.354 e. The molecule has 0 fully saturated rings. The van der Waals surface area contributed by atoms with Gasteiger partial charge in [-0.3, -0.25) is 0 Å². The number of aromatic amines is 1. The minimum atomic E-state index is 0.672. The SMILES string of the molecule is ClCCC=Cc1ccc2c(c1)[nH]c1ccccc12. The zero-order valence-corrected chi connectivity index (χ0v) is 10.7. The number of alkyl halides is 1. The van der Waals surface area contributed by atoms with Crippen molar-refractivity contribution in [2.24, 2.45) is 0 Å². The molecule has 0 amide bonds. The lowest BCUT2D eigenvalue weighted by Gasteiger charge is -1.95. The number of benzene rings is 2. The fourth-order valence-corrected chi connectivity index (χ4v) is 2.38. The maximum atomic E-state index is 5.66. The van der Waals surface area contributed by atoms with Crippen molar-refractivity contribution in [2.75, 3.05) is 5.88 Å². The summed E-state index contributed by atoms with van der Waals surface area (Å²) in [6, 6.07) is 14.9. The van der Waals surface area contributed by atoms with Gasteiger partial charge < -0.3 is 4.98 Å². The molecule has 3 rings (SSSR count). The van der Waals surface area contributed by atoms with E-state index in [1.165, 1.54) is 27.4 Å². The summed E-state index contributed by atoms with van der Waals surface area (Å²) >= 11 is 5.66. The fourth-order valence-electron chi connectivity index (χ4n) is 2.26. The molecular formula is C16H14ClN. The van der Waals surface area contributed by atoms with E-state index in [0.29, 0.717) is 5.88 Å². The lowest BCUT2D eigenvalue weighted by Crippen LogP contribution is -1.74. The van der Waals surface area contributed by atoms with Crippen molar-refractivity contribution >= 4 is 39.5 Å². The van der Waals surface area contributed by atoms with Crippen LogP contribution in [0, 0.1) is 0 Å². The number of hydrogen-bond donors (Lipinski definition) is 1. The zero-order valence-electron chi connectivity index (χ0n) is 9.99. The maximum Gasteiger partial charge on any atom is 0.0470 e. The molecule has 2 heteroatoms. The second-order valence-electron chi connectivity index (χ2n) is 4.36. The first-order chi connectivity index (χ1) is 8.88. The summed E-state index contributed by atoms with van der Waals surface area (Å²) in [6.07, 6.45) is 5.14. The molecule has 0 aliphatic heterocycles. The van der Waals surface area contributed by atoms with Crippen LogP contribution in [-0.2, 0) is 0 Å². The summed E-state index contributed by atoms with van der Waals surface area (Å²) in [5.41, 5.74) is 3.58. The smallest absolute Gasteiger partial charge is 0.0470 e. The van der Waals surface area contributed by atoms with Crippen LogP contribution >= 0.6 is 11.6 Å². The summed E-state index contributed by atoms with van der Waals surface area (Å²) in [4.78, 5) is 3.45. The Morgan fingerprint density at radius 1 is 1.00 bits per heavy atom. The summed E-state index contributed by atoms with van der Waals surface area (Å²) in [5.74, 6) is 0.672. The molecule has 18 heavy (non-hydrogen) atoms. The largest absolute Gasteiger partial charge is 0.354 e. The summed E-state index contributed by atoms with van der Waals surface area (Å²) in [6.45, 7) is 0. The molecule has 0 aliphatic carbocycles. The Morgan fingerprint density at radius 2 is 1.83 bits per heavy atom. The second-order valence-corrected chi connectivity index (χ2v) is 4.73. The van der Waals surface area contributed by atoms with Gasteiger partial charge in [0, 0.05) is 27.7 Å². The van der Waals surface area contributed by atoms with Crippen LogP contribution in [0.15, 0.2) is 48.5 Å². The van der Waals surface area contributed by atoms with Crippen LogP contribution in [-0.4, -0.2) is 10.9 Å². The van der Waals surface area contributed by atoms with Crippen LogP contribution in [0.3, 0.4) is 0 Å². The van der Waals surface area contributed by atoms with Gasteiger partial charge in [-0.1, -0.05) is 42.5 Å². The van der Waals surface area contributed by atoms with E-state index in [-0.39, 0.29) is 0 Å². The molecule has 0 spiro atoms. The molecule has 1 heterocycles. The molecule has 90 valence electrons. The monoisotopic (exact) mass is 255 g/mol. The van der Waals surface area contributed by atoms with Crippen molar-refractivity contribution in [1.82, 2.24) is 4.98 Å². The van der Waals surface area contributed by atoms with Crippen molar-refractivity contribution in [3.63, 3.8) is 0 Å². The van der Waals surface area contributed by atoms with Crippen molar-refractivity contribution in [3.8, 4) is 0 Å². The molecule has 0 saturated carbocycles. The Hall–Kier alpha value is -1.73. The minimum absolute atomic E-state index is 0.672. The highest BCUT2D eigenvalue weighted by Crippen LogP contribution is 2.26. The van der Waals surface area contributed by atoms with Crippen molar-refractivity contribution in [3.05, 3.63) is 54.1 Å². The van der Waals surface area contributed by atoms with Crippen LogP contribution in [0.1, 0.15) is 12.0 Å². The molecule has 3 aromatic rings. The first kappa shape index (κ1) is 11.4. The lowest BCUT2D eigenvalue weighted by molar-refractivity contribution is 1.24. The summed E-state index contributed by atoms with van der Waals surface area (Å²) in [5, 5.41) is 2.56. The standard InChI is InChI=1S/C16H14ClN/c17-10-4-3-5-12-8-9-14-13-6-1-2-7-15(13)18-16(14)11-12/h1-3,5-9,11,18H,4,10H2. The highest BCUT2D eigenvalue weighted by atomic mass is 35.5. The lowest BCUT2D eigenvalue weighted by atomic mass is 10.1. The first-order valence-electron chi connectivity index (χ1n) is 6.11. The van der Waals surface area contributed by atoms with E-state index in [0.717, 1.165) is 6.42 Å². The number of H-pyrrole nitrogens is 1. The third kappa shape index (κ3) is 2.02. The quantitative estimate of drug-likeness (QED) is 0.637. The van der Waals surface area contributed by atoms with E-state index >= 15 is 0 Å². The Bertz CT molecular complexity index is 709. The van der Waals surface area contributed by atoms with Gasteiger partial charge in [0.2, 0.25) is 0 Å². The van der Waals surface area contributed by atoms with Crippen molar-refractivity contribution < 1.29 is 0 Å². The number of halogens is 1. The molecule has 1 aromatic heterocycles. The molecule has 0 unspecified atom stereocenters. The van der Waals surface area contributed by atoms with Gasteiger partial charge in [-0.25, -0.2) is 0 Å². The van der Waals surface area contributed by atoms with Gasteiger partial charge in [-0.2, -0.15) is 0 Å². The number of fused-ring (bicyclic) bond motifs is 3. The second kappa shape index (κ2) is 4.87. The molecule has 1 N–H and O–H groups in total. The fraction of sp³-hybridized carbons (Fsp3) is 0.125. The third-order valence-electron chi connectivity index (χ3n) is 3.12. The summed E-state index contributed by atoms with van der Waals surface area (Å²) in [7, 11) is 0. The normalized spacial score (nSPS) is 11.8. The molecule has 0 aliphatic rings. The van der Waals surface area contributed by atoms with Crippen LogP contribution in [0.5, 0.6) is 0 Å². The van der Waals surface area contributed by atoms with E-state index in [2.05, 4.69) is 59.6 Å². The van der Waals surface area contributed by atoms with E-state index in [1.807, 2.05) is 0 Å². The number of rotatable bonds is 3. The molecule has 0 saturated heterocycles. The Kier molecular flexibility index (Phi) is 3.07. The summed E-state index contributed by atoms with van der Waals surface area (Å²) < 4.78 is 0. The van der Waals surface area contributed by atoms with E-state index in [4.69, 9.17) is 11.6 Å². The zero-order chi connectivity index (χ0) is 12.4. The van der Waals surface area contributed by atoms with Crippen LogP contribution in [0.2, 0.25) is 0 Å². The molecule has 2 aromatic carbocycles. The third-order valence-corrected chi connectivity index (χ3v) is 3.33. The number of nitrogens with one attached hydrogen (secondary N) is 1. The predicted octanol–water partition coefficient (Wildman–Crippen LogP) is 4.96. The average molecular weight is 256 g/mol. The first-order valence-corrected chi connectivity index (χ1v) is 6.65. The van der Waals surface area contributed by atoms with E-state index in [1.54, 1.807) is 0 Å². The number of para-hydroxylation sites is 1. The Morgan fingerprint density at radius 3 is 2.72 bits per heavy atom. The van der Waals surface area contributed by atoms with Crippen LogP contribution < -0.4 is 0 Å². The molecule has 0 radical (unpaired) electrons. The van der Waals surface area contributed by atoms with E-state index in [9.17, 15) is 0 Å². The highest BCUT2D eigenvalue weighted by molar-refractivity contribution is 6.17. The Labute approximate surface area is 111 Å². The van der Waals surface area contributed by atoms with Crippen LogP contribution in [0.4, 0.5) is 0 Å². The van der Waals surface area contributed by atoms with Gasteiger partial charge >= 0.3 is 0 Å². The van der Waals surface area contributed by atoms with E-state index < -0.39 is 0 Å². The maximum absolute atomic E-state index is 5.66.